The fraction of sp³-hybridized carbons (Fsp3) is 0. The van der Waals surface area contributed by atoms with Crippen molar-refractivity contribution in [2.45, 2.75) is 0 Å². The van der Waals surface area contributed by atoms with E-state index in [1.54, 1.807) is 30.5 Å². The predicted octanol–water partition coefficient (Wildman–Crippen LogP) is 3.37. The number of nitrogens with zero attached hydrogens (tertiary/aromatic N) is 1. The smallest absolute Gasteiger partial charge is 0.150 e. The fourth-order valence-electron chi connectivity index (χ4n) is 2.15. The van der Waals surface area contributed by atoms with Gasteiger partial charge in [-0.25, -0.2) is 4.98 Å². The molecule has 2 aromatic carbocycles. The fourth-order valence-corrected chi connectivity index (χ4v) is 2.15. The Hall–Kier alpha value is -3.01. The van der Waals surface area contributed by atoms with Gasteiger partial charge in [-0.05, 0) is 12.1 Å². The SMILES string of the molecule is O=Cc1cccc(-c2cnc(-c3cccc(C=O)c3)[nH]2)c1. The van der Waals surface area contributed by atoms with E-state index in [0.717, 1.165) is 29.4 Å². The zero-order valence-corrected chi connectivity index (χ0v) is 11.1. The molecule has 4 nitrogen and oxygen atoms in total. The van der Waals surface area contributed by atoms with Crippen molar-refractivity contribution < 1.29 is 9.59 Å². The van der Waals surface area contributed by atoms with Crippen LogP contribution in [-0.2, 0) is 0 Å². The normalized spacial score (nSPS) is 10.3. The van der Waals surface area contributed by atoms with Gasteiger partial charge in [-0.15, -0.1) is 0 Å². The van der Waals surface area contributed by atoms with Crippen molar-refractivity contribution in [3.8, 4) is 22.6 Å². The molecule has 1 heterocycles. The second-order valence-electron chi connectivity index (χ2n) is 4.63. The van der Waals surface area contributed by atoms with Crippen LogP contribution in [0.25, 0.3) is 22.6 Å². The van der Waals surface area contributed by atoms with E-state index in [-0.39, 0.29) is 0 Å². The van der Waals surface area contributed by atoms with Gasteiger partial charge in [-0.1, -0.05) is 36.4 Å². The van der Waals surface area contributed by atoms with E-state index < -0.39 is 0 Å². The molecule has 3 aromatic rings. The lowest BCUT2D eigenvalue weighted by atomic mass is 10.1. The highest BCUT2D eigenvalue weighted by atomic mass is 16.1. The lowest BCUT2D eigenvalue weighted by Gasteiger charge is -2.00. The van der Waals surface area contributed by atoms with Crippen LogP contribution >= 0.6 is 0 Å². The summed E-state index contributed by atoms with van der Waals surface area (Å²) in [5, 5.41) is 0. The molecule has 1 N–H and O–H groups in total. The zero-order valence-electron chi connectivity index (χ0n) is 11.1. The molecule has 1 aromatic heterocycles. The average molecular weight is 276 g/mol. The average Bonchev–Trinajstić information content (AvgIpc) is 3.05. The van der Waals surface area contributed by atoms with Crippen LogP contribution in [0, 0.1) is 0 Å². The van der Waals surface area contributed by atoms with E-state index >= 15 is 0 Å². The number of carbonyl (C=O) groups is 2. The number of hydrogen-bond acceptors (Lipinski definition) is 3. The van der Waals surface area contributed by atoms with Crippen molar-refractivity contribution in [3.05, 3.63) is 65.9 Å². The van der Waals surface area contributed by atoms with Crippen LogP contribution in [0.4, 0.5) is 0 Å². The summed E-state index contributed by atoms with van der Waals surface area (Å²) in [6.07, 6.45) is 3.34. The molecular formula is C17H12N2O2. The minimum absolute atomic E-state index is 0.605. The highest BCUT2D eigenvalue weighted by molar-refractivity contribution is 5.79. The number of H-pyrrole nitrogens is 1. The lowest BCUT2D eigenvalue weighted by Crippen LogP contribution is -1.85. The third kappa shape index (κ3) is 2.65. The number of carbonyl (C=O) groups excluding carboxylic acids is 2. The quantitative estimate of drug-likeness (QED) is 0.743. The number of imidazole rings is 1. The monoisotopic (exact) mass is 276 g/mol. The van der Waals surface area contributed by atoms with Crippen molar-refractivity contribution >= 4 is 12.6 Å². The standard InChI is InChI=1S/C17H12N2O2/c20-10-12-3-1-5-14(7-12)16-9-18-17(19-16)15-6-2-4-13(8-15)11-21/h1-11H,(H,18,19). The highest BCUT2D eigenvalue weighted by Crippen LogP contribution is 2.23. The lowest BCUT2D eigenvalue weighted by molar-refractivity contribution is 0.111. The first-order valence-electron chi connectivity index (χ1n) is 6.46. The van der Waals surface area contributed by atoms with Gasteiger partial charge in [0.1, 0.15) is 18.4 Å². The summed E-state index contributed by atoms with van der Waals surface area (Å²) in [6, 6.07) is 14.5. The maximum atomic E-state index is 10.8. The van der Waals surface area contributed by atoms with Gasteiger partial charge in [-0.3, -0.25) is 9.59 Å². The summed E-state index contributed by atoms with van der Waals surface area (Å²) >= 11 is 0. The first kappa shape index (κ1) is 13.0. The number of nitrogens with one attached hydrogen (secondary N) is 1. The minimum Gasteiger partial charge on any atom is -0.338 e. The predicted molar refractivity (Wildman–Crippen MR) is 80.2 cm³/mol. The summed E-state index contributed by atoms with van der Waals surface area (Å²) in [4.78, 5) is 29.2. The molecule has 0 aliphatic carbocycles. The van der Waals surface area contributed by atoms with Crippen LogP contribution in [-0.4, -0.2) is 22.5 Å². The molecule has 0 amide bonds. The maximum Gasteiger partial charge on any atom is 0.150 e. The molecule has 0 radical (unpaired) electrons. The zero-order chi connectivity index (χ0) is 14.7. The van der Waals surface area contributed by atoms with Gasteiger partial charge in [0, 0.05) is 22.3 Å². The number of aldehydes is 2. The molecule has 0 spiro atoms. The van der Waals surface area contributed by atoms with E-state index in [9.17, 15) is 9.59 Å². The number of aromatic amines is 1. The number of aromatic nitrogens is 2. The summed E-state index contributed by atoms with van der Waals surface area (Å²) < 4.78 is 0. The third-order valence-electron chi connectivity index (χ3n) is 3.21. The summed E-state index contributed by atoms with van der Waals surface area (Å²) in [5.74, 6) is 0.685. The molecular weight excluding hydrogens is 264 g/mol. The number of hydrogen-bond donors (Lipinski definition) is 1. The second-order valence-corrected chi connectivity index (χ2v) is 4.63. The van der Waals surface area contributed by atoms with Crippen molar-refractivity contribution in [3.63, 3.8) is 0 Å². The first-order valence-corrected chi connectivity index (χ1v) is 6.46. The minimum atomic E-state index is 0.605. The molecule has 4 heteroatoms. The Bertz CT molecular complexity index is 740. The second kappa shape index (κ2) is 5.54. The summed E-state index contributed by atoms with van der Waals surface area (Å²) in [6.45, 7) is 0. The largest absolute Gasteiger partial charge is 0.338 e. The molecule has 0 aliphatic heterocycles. The Morgan fingerprint density at radius 1 is 0.857 bits per heavy atom. The molecule has 3 rings (SSSR count). The molecule has 0 bridgehead atoms. The van der Waals surface area contributed by atoms with Gasteiger partial charge in [0.15, 0.2) is 0 Å². The van der Waals surface area contributed by atoms with E-state index in [2.05, 4.69) is 9.97 Å². The van der Waals surface area contributed by atoms with Gasteiger partial charge < -0.3 is 4.98 Å². The van der Waals surface area contributed by atoms with Crippen LogP contribution < -0.4 is 0 Å². The molecule has 0 atom stereocenters. The topological polar surface area (TPSA) is 62.8 Å². The van der Waals surface area contributed by atoms with E-state index in [1.807, 2.05) is 24.3 Å². The van der Waals surface area contributed by atoms with Crippen LogP contribution in [0.2, 0.25) is 0 Å². The maximum absolute atomic E-state index is 10.8. The van der Waals surface area contributed by atoms with Gasteiger partial charge in [0.2, 0.25) is 0 Å². The molecule has 21 heavy (non-hydrogen) atoms. The molecule has 102 valence electrons. The summed E-state index contributed by atoms with van der Waals surface area (Å²) in [5.41, 5.74) is 3.78. The number of benzene rings is 2. The van der Waals surface area contributed by atoms with Gasteiger partial charge in [0.05, 0.1) is 11.9 Å². The Balaban J connectivity index is 1.99. The van der Waals surface area contributed by atoms with Crippen molar-refractivity contribution in [1.29, 1.82) is 0 Å². The first-order chi connectivity index (χ1) is 10.3. The third-order valence-corrected chi connectivity index (χ3v) is 3.21. The van der Waals surface area contributed by atoms with Gasteiger partial charge in [0.25, 0.3) is 0 Å². The Morgan fingerprint density at radius 3 is 2.14 bits per heavy atom. The van der Waals surface area contributed by atoms with Crippen LogP contribution in [0.1, 0.15) is 20.7 Å². The Morgan fingerprint density at radius 2 is 1.48 bits per heavy atom. The molecule has 0 aliphatic rings. The van der Waals surface area contributed by atoms with Crippen LogP contribution in [0.5, 0.6) is 0 Å². The van der Waals surface area contributed by atoms with Gasteiger partial charge in [-0.2, -0.15) is 0 Å². The van der Waals surface area contributed by atoms with Crippen molar-refractivity contribution in [1.82, 2.24) is 9.97 Å². The molecule has 0 unspecified atom stereocenters. The number of rotatable bonds is 4. The van der Waals surface area contributed by atoms with Gasteiger partial charge >= 0.3 is 0 Å². The van der Waals surface area contributed by atoms with Crippen LogP contribution in [0.15, 0.2) is 54.7 Å². The van der Waals surface area contributed by atoms with Crippen LogP contribution in [0.3, 0.4) is 0 Å². The summed E-state index contributed by atoms with van der Waals surface area (Å²) in [7, 11) is 0. The molecule has 0 saturated heterocycles. The van der Waals surface area contributed by atoms with Crippen molar-refractivity contribution in [2.24, 2.45) is 0 Å². The Labute approximate surface area is 121 Å². The Kier molecular flexibility index (Phi) is 3.43. The van der Waals surface area contributed by atoms with Crippen molar-refractivity contribution in [2.75, 3.05) is 0 Å². The molecule has 0 saturated carbocycles. The van der Waals surface area contributed by atoms with E-state index in [4.69, 9.17) is 0 Å². The highest BCUT2D eigenvalue weighted by Gasteiger charge is 2.06. The van der Waals surface area contributed by atoms with E-state index in [1.165, 1.54) is 0 Å². The van der Waals surface area contributed by atoms with E-state index in [0.29, 0.717) is 17.0 Å². The molecule has 0 fully saturated rings.